The molecule has 0 radical (unpaired) electrons. The van der Waals surface area contributed by atoms with Crippen LogP contribution in [0.15, 0.2) is 47.8 Å². The number of carbonyl (C=O) groups excluding carboxylic acids is 1. The maximum atomic E-state index is 13.1. The van der Waals surface area contributed by atoms with Crippen molar-refractivity contribution in [3.8, 4) is 0 Å². The quantitative estimate of drug-likeness (QED) is 0.371. The number of likely N-dealkylation sites (tertiary alicyclic amines) is 1. The van der Waals surface area contributed by atoms with Crippen molar-refractivity contribution in [1.29, 1.82) is 0 Å². The number of thiophene rings is 1. The van der Waals surface area contributed by atoms with Crippen LogP contribution in [-0.4, -0.2) is 48.0 Å². The number of hydrogen-bond acceptors (Lipinski definition) is 9. The average molecular weight is 627 g/mol. The highest BCUT2D eigenvalue weighted by Crippen LogP contribution is 2.49. The van der Waals surface area contributed by atoms with Crippen molar-refractivity contribution in [2.24, 2.45) is 0 Å². The van der Waals surface area contributed by atoms with Crippen LogP contribution in [-0.2, 0) is 39.3 Å². The van der Waals surface area contributed by atoms with Gasteiger partial charge in [0.15, 0.2) is 14.8 Å². The highest BCUT2D eigenvalue weighted by atomic mass is 32.2. The summed E-state index contributed by atoms with van der Waals surface area (Å²) in [5.74, 6) is 0.332. The highest BCUT2D eigenvalue weighted by Gasteiger charge is 2.45. The number of allylic oxidation sites excluding steroid dienone is 1. The Bertz CT molecular complexity index is 1560. The third-order valence-electron chi connectivity index (χ3n) is 7.47. The van der Waals surface area contributed by atoms with Gasteiger partial charge in [-0.15, -0.1) is 22.7 Å². The number of rotatable bonds is 7. The number of thiazole rings is 1. The molecule has 2 aliphatic heterocycles. The van der Waals surface area contributed by atoms with Crippen LogP contribution in [0.3, 0.4) is 0 Å². The molecule has 1 unspecified atom stereocenters. The Kier molecular flexibility index (Phi) is 8.05. The number of nitrogens with one attached hydrogen (secondary N) is 1. The maximum absolute atomic E-state index is 13.1. The third-order valence-corrected chi connectivity index (χ3v) is 11.8. The molecule has 1 amide bonds. The SMILES string of the molecule is C=C1Cc2cc(C(=O)NCc3ccc(S(=O)(=O)CC)cn3)sc2C2(CCN(C(C)c3cnc(C(F)(F)F)s3)CC2)O1. The number of carbonyl (C=O) groups is 1. The van der Waals surface area contributed by atoms with Crippen LogP contribution in [0.2, 0.25) is 0 Å². The van der Waals surface area contributed by atoms with Crippen LogP contribution in [0.1, 0.15) is 68.4 Å². The number of fused-ring (bicyclic) bond motifs is 2. The van der Waals surface area contributed by atoms with Gasteiger partial charge in [-0.1, -0.05) is 13.5 Å². The Balaban J connectivity index is 1.26. The molecule has 0 aromatic carbocycles. The summed E-state index contributed by atoms with van der Waals surface area (Å²) in [6, 6.07) is 4.71. The second-order valence-electron chi connectivity index (χ2n) is 10.1. The van der Waals surface area contributed by atoms with Gasteiger partial charge in [-0.3, -0.25) is 14.7 Å². The lowest BCUT2D eigenvalue weighted by Gasteiger charge is -2.45. The first-order valence-electron chi connectivity index (χ1n) is 13.0. The van der Waals surface area contributed by atoms with E-state index >= 15 is 0 Å². The fourth-order valence-corrected chi connectivity index (χ4v) is 8.12. The lowest BCUT2D eigenvalue weighted by molar-refractivity contribution is -0.137. The van der Waals surface area contributed by atoms with Gasteiger partial charge in [-0.2, -0.15) is 13.2 Å². The van der Waals surface area contributed by atoms with Crippen molar-refractivity contribution < 1.29 is 31.1 Å². The first-order valence-corrected chi connectivity index (χ1v) is 16.3. The number of amides is 1. The van der Waals surface area contributed by atoms with E-state index < -0.39 is 26.6 Å². The fraction of sp³-hybridized carbons (Fsp3) is 0.444. The van der Waals surface area contributed by atoms with Gasteiger partial charge in [-0.05, 0) is 30.7 Å². The van der Waals surface area contributed by atoms with Crippen LogP contribution < -0.4 is 5.32 Å². The number of alkyl halides is 3. The summed E-state index contributed by atoms with van der Waals surface area (Å²) in [5.41, 5.74) is 0.881. The second kappa shape index (κ2) is 11.1. The van der Waals surface area contributed by atoms with E-state index in [1.165, 1.54) is 29.8 Å². The second-order valence-corrected chi connectivity index (χ2v) is 14.5. The van der Waals surface area contributed by atoms with Gasteiger partial charge in [0.05, 0.1) is 38.4 Å². The first kappa shape index (κ1) is 29.7. The van der Waals surface area contributed by atoms with Crippen LogP contribution in [0, 0.1) is 0 Å². The van der Waals surface area contributed by atoms with E-state index in [0.717, 1.165) is 10.4 Å². The van der Waals surface area contributed by atoms with Crippen LogP contribution in [0.25, 0.3) is 0 Å². The molecule has 3 aromatic rings. The van der Waals surface area contributed by atoms with Crippen molar-refractivity contribution >= 4 is 38.4 Å². The molecule has 1 fully saturated rings. The predicted molar refractivity (Wildman–Crippen MR) is 149 cm³/mol. The van der Waals surface area contributed by atoms with Crippen LogP contribution in [0.4, 0.5) is 13.2 Å². The number of hydrogen-bond donors (Lipinski definition) is 1. The molecule has 41 heavy (non-hydrogen) atoms. The van der Waals surface area contributed by atoms with Crippen molar-refractivity contribution in [3.05, 3.63) is 73.8 Å². The topological polar surface area (TPSA) is 101 Å². The summed E-state index contributed by atoms with van der Waals surface area (Å²) in [4.78, 5) is 25.1. The lowest BCUT2D eigenvalue weighted by atomic mass is 9.84. The Hall–Kier alpha value is -2.81. The summed E-state index contributed by atoms with van der Waals surface area (Å²) in [7, 11) is -3.35. The molecule has 220 valence electrons. The predicted octanol–water partition coefficient (Wildman–Crippen LogP) is 5.48. The van der Waals surface area contributed by atoms with E-state index in [2.05, 4.69) is 26.8 Å². The number of sulfone groups is 1. The maximum Gasteiger partial charge on any atom is 0.443 e. The van der Waals surface area contributed by atoms with E-state index in [4.69, 9.17) is 4.74 Å². The molecular weight excluding hydrogens is 598 g/mol. The molecular formula is C27H29F3N4O4S3. The minimum absolute atomic E-state index is 0.0165. The fourth-order valence-electron chi connectivity index (χ4n) is 5.15. The van der Waals surface area contributed by atoms with E-state index in [1.807, 2.05) is 13.0 Å². The van der Waals surface area contributed by atoms with Gasteiger partial charge >= 0.3 is 6.18 Å². The summed E-state index contributed by atoms with van der Waals surface area (Å²) >= 11 is 2.05. The summed E-state index contributed by atoms with van der Waals surface area (Å²) < 4.78 is 69.4. The van der Waals surface area contributed by atoms with E-state index in [9.17, 15) is 26.4 Å². The molecule has 1 N–H and O–H groups in total. The zero-order valence-corrected chi connectivity index (χ0v) is 24.9. The zero-order valence-electron chi connectivity index (χ0n) is 22.5. The van der Waals surface area contributed by atoms with Crippen molar-refractivity contribution in [1.82, 2.24) is 20.2 Å². The van der Waals surface area contributed by atoms with Gasteiger partial charge in [0.2, 0.25) is 0 Å². The monoisotopic (exact) mass is 626 g/mol. The minimum atomic E-state index is -4.45. The largest absolute Gasteiger partial charge is 0.486 e. The molecule has 0 saturated carbocycles. The number of aromatic nitrogens is 2. The molecule has 2 aliphatic rings. The normalized spacial score (nSPS) is 18.1. The van der Waals surface area contributed by atoms with Crippen LogP contribution >= 0.6 is 22.7 Å². The Morgan fingerprint density at radius 1 is 1.22 bits per heavy atom. The molecule has 8 nitrogen and oxygen atoms in total. The van der Waals surface area contributed by atoms with E-state index in [-0.39, 0.29) is 29.1 Å². The van der Waals surface area contributed by atoms with Crippen molar-refractivity contribution in [2.75, 3.05) is 18.8 Å². The first-order chi connectivity index (χ1) is 19.3. The van der Waals surface area contributed by atoms with Gasteiger partial charge in [0, 0.05) is 55.7 Å². The standard InChI is InChI=1S/C27H29F3N4O4S3/c1-4-41(36,37)20-6-5-19(31-14-20)13-32-24(35)21-12-18-11-16(2)38-26(23(18)39-21)7-9-34(10-8-26)17(3)22-15-33-25(40-22)27(28,29)30/h5-6,12,14-15,17H,2,4,7-11,13H2,1,3H3,(H,32,35). The molecule has 3 aromatic heterocycles. The van der Waals surface area contributed by atoms with Crippen molar-refractivity contribution in [2.45, 2.75) is 62.4 Å². The van der Waals surface area contributed by atoms with Crippen molar-refractivity contribution in [3.63, 3.8) is 0 Å². The molecule has 1 saturated heterocycles. The third kappa shape index (κ3) is 6.06. The summed E-state index contributed by atoms with van der Waals surface area (Å²) in [6.07, 6.45) is -0.144. The average Bonchev–Trinajstić information content (AvgIpc) is 3.61. The number of piperidine rings is 1. The molecule has 1 spiro atoms. The van der Waals surface area contributed by atoms with Gasteiger partial charge in [0.1, 0.15) is 5.60 Å². The molecule has 0 bridgehead atoms. The molecule has 1 atom stereocenters. The summed E-state index contributed by atoms with van der Waals surface area (Å²) in [6.45, 7) is 8.85. The number of nitrogens with zero attached hydrogens (tertiary/aromatic N) is 3. The van der Waals surface area contributed by atoms with E-state index in [1.54, 1.807) is 13.0 Å². The molecule has 14 heteroatoms. The Morgan fingerprint density at radius 3 is 2.56 bits per heavy atom. The van der Waals surface area contributed by atoms with E-state index in [0.29, 0.717) is 64.9 Å². The Labute approximate surface area is 244 Å². The summed E-state index contributed by atoms with van der Waals surface area (Å²) in [5, 5.41) is 2.01. The number of halogens is 3. The van der Waals surface area contributed by atoms with Gasteiger partial charge in [-0.25, -0.2) is 13.4 Å². The number of pyridine rings is 1. The highest BCUT2D eigenvalue weighted by molar-refractivity contribution is 7.91. The Morgan fingerprint density at radius 2 is 1.95 bits per heavy atom. The molecule has 0 aliphatic carbocycles. The zero-order chi connectivity index (χ0) is 29.6. The van der Waals surface area contributed by atoms with Gasteiger partial charge in [0.25, 0.3) is 5.91 Å². The molecule has 5 heterocycles. The van der Waals surface area contributed by atoms with Gasteiger partial charge < -0.3 is 10.1 Å². The minimum Gasteiger partial charge on any atom is -0.486 e. The smallest absolute Gasteiger partial charge is 0.443 e. The van der Waals surface area contributed by atoms with Crippen LogP contribution in [0.5, 0.6) is 0 Å². The lowest BCUT2D eigenvalue weighted by Crippen LogP contribution is -2.46. The number of ether oxygens (including phenoxy) is 1. The molecule has 5 rings (SSSR count).